The number of ketones is 1. The zero-order chi connectivity index (χ0) is 14.7. The molecule has 114 valence electrons. The average Bonchev–Trinajstić information content (AvgIpc) is 2.55. The van der Waals surface area contributed by atoms with Gasteiger partial charge in [0.15, 0.2) is 5.78 Å². The van der Waals surface area contributed by atoms with E-state index in [4.69, 9.17) is 4.74 Å². The number of fused-ring (bicyclic) bond motifs is 1. The number of nitrogens with one attached hydrogen (secondary N) is 1. The van der Waals surface area contributed by atoms with E-state index in [-0.39, 0.29) is 5.78 Å². The van der Waals surface area contributed by atoms with Gasteiger partial charge in [0.2, 0.25) is 0 Å². The van der Waals surface area contributed by atoms with Gasteiger partial charge in [-0.25, -0.2) is 0 Å². The number of carbonyl (C=O) groups excluding carboxylic acids is 1. The molecule has 0 spiro atoms. The maximum Gasteiger partial charge on any atom is 0.176 e. The van der Waals surface area contributed by atoms with Gasteiger partial charge < -0.3 is 10.1 Å². The van der Waals surface area contributed by atoms with Crippen LogP contribution >= 0.6 is 0 Å². The first-order valence-electron chi connectivity index (χ1n) is 7.98. The maximum atomic E-state index is 12.5. The van der Waals surface area contributed by atoms with Crippen molar-refractivity contribution in [3.63, 3.8) is 0 Å². The van der Waals surface area contributed by atoms with Gasteiger partial charge in [0.1, 0.15) is 12.4 Å². The van der Waals surface area contributed by atoms with E-state index in [0.29, 0.717) is 19.2 Å². The number of anilines is 1. The average molecular weight is 288 g/mol. The third kappa shape index (κ3) is 3.38. The minimum absolute atomic E-state index is 0.193. The van der Waals surface area contributed by atoms with Gasteiger partial charge in [0.05, 0.1) is 12.2 Å². The fourth-order valence-corrected chi connectivity index (χ4v) is 3.28. The Kier molecular flexibility index (Phi) is 4.44. The molecule has 0 amide bonds. The van der Waals surface area contributed by atoms with E-state index in [1.807, 2.05) is 18.2 Å². The molecule has 1 N–H and O–H groups in total. The lowest BCUT2D eigenvalue weighted by molar-refractivity contribution is 0.0899. The zero-order valence-corrected chi connectivity index (χ0v) is 12.7. The predicted octanol–water partition coefficient (Wildman–Crippen LogP) is 2.94. The number of benzene rings is 1. The van der Waals surface area contributed by atoms with Crippen molar-refractivity contribution in [1.29, 1.82) is 0 Å². The van der Waals surface area contributed by atoms with Crippen LogP contribution in [0.25, 0.3) is 0 Å². The normalized spacial score (nSPS) is 18.8. The smallest absolute Gasteiger partial charge is 0.176 e. The lowest BCUT2D eigenvalue weighted by atomic mass is 9.94. The Bertz CT molecular complexity index is 510. The van der Waals surface area contributed by atoms with Gasteiger partial charge in [-0.15, -0.1) is 0 Å². The first kappa shape index (κ1) is 14.4. The highest BCUT2D eigenvalue weighted by molar-refractivity contribution is 5.98. The summed E-state index contributed by atoms with van der Waals surface area (Å²) in [4.78, 5) is 14.7. The number of carbonyl (C=O) groups is 1. The van der Waals surface area contributed by atoms with Crippen LogP contribution in [0.3, 0.4) is 0 Å². The van der Waals surface area contributed by atoms with E-state index >= 15 is 0 Å². The lowest BCUT2D eigenvalue weighted by Gasteiger charge is -2.30. The molecule has 0 unspecified atom stereocenters. The summed E-state index contributed by atoms with van der Waals surface area (Å²) in [7, 11) is 2.08. The minimum atomic E-state index is 0.193. The molecule has 0 aromatic heterocycles. The topological polar surface area (TPSA) is 41.6 Å². The Morgan fingerprint density at radius 1 is 1.33 bits per heavy atom. The molecule has 1 aromatic rings. The summed E-state index contributed by atoms with van der Waals surface area (Å²) in [6.07, 6.45) is 6.38. The Morgan fingerprint density at radius 2 is 2.14 bits per heavy atom. The Morgan fingerprint density at radius 3 is 2.95 bits per heavy atom. The lowest BCUT2D eigenvalue weighted by Crippen LogP contribution is -2.37. The Hall–Kier alpha value is -1.55. The summed E-state index contributed by atoms with van der Waals surface area (Å²) in [6.45, 7) is 1.99. The van der Waals surface area contributed by atoms with Gasteiger partial charge in [-0.1, -0.05) is 19.3 Å². The van der Waals surface area contributed by atoms with Gasteiger partial charge in [0, 0.05) is 18.2 Å². The van der Waals surface area contributed by atoms with Crippen LogP contribution in [0, 0.1) is 0 Å². The highest BCUT2D eigenvalue weighted by atomic mass is 16.5. The first-order chi connectivity index (χ1) is 10.2. The summed E-state index contributed by atoms with van der Waals surface area (Å²) < 4.78 is 5.55. The van der Waals surface area contributed by atoms with Crippen molar-refractivity contribution in [2.24, 2.45) is 0 Å². The molecule has 2 aliphatic rings. The molecule has 1 aliphatic heterocycles. The second-order valence-corrected chi connectivity index (χ2v) is 6.12. The van der Waals surface area contributed by atoms with E-state index in [2.05, 4.69) is 17.3 Å². The van der Waals surface area contributed by atoms with Gasteiger partial charge >= 0.3 is 0 Å². The second kappa shape index (κ2) is 6.48. The van der Waals surface area contributed by atoms with Crippen molar-refractivity contribution in [2.45, 2.75) is 38.1 Å². The van der Waals surface area contributed by atoms with E-state index < -0.39 is 0 Å². The van der Waals surface area contributed by atoms with Crippen molar-refractivity contribution in [3.05, 3.63) is 23.8 Å². The van der Waals surface area contributed by atoms with Crippen molar-refractivity contribution >= 4 is 11.5 Å². The summed E-state index contributed by atoms with van der Waals surface area (Å²) in [5, 5.41) is 3.28. The molecule has 1 fully saturated rings. The number of likely N-dealkylation sites (N-methyl/N-ethyl adjacent to an activating group) is 1. The van der Waals surface area contributed by atoms with Crippen molar-refractivity contribution in [2.75, 3.05) is 32.1 Å². The monoisotopic (exact) mass is 288 g/mol. The molecule has 0 atom stereocenters. The van der Waals surface area contributed by atoms with Gasteiger partial charge in [-0.2, -0.15) is 0 Å². The summed E-state index contributed by atoms with van der Waals surface area (Å²) in [5.74, 6) is 1.04. The molecule has 0 bridgehead atoms. The Balaban J connectivity index is 1.64. The number of ether oxygens (including phenoxy) is 1. The highest BCUT2D eigenvalue weighted by Gasteiger charge is 2.21. The summed E-state index contributed by atoms with van der Waals surface area (Å²) >= 11 is 0. The van der Waals surface area contributed by atoms with Crippen LogP contribution in [0.15, 0.2) is 18.2 Å². The van der Waals surface area contributed by atoms with Crippen LogP contribution in [-0.4, -0.2) is 43.5 Å². The van der Waals surface area contributed by atoms with E-state index in [1.54, 1.807) is 0 Å². The van der Waals surface area contributed by atoms with Crippen LogP contribution in [-0.2, 0) is 0 Å². The molecule has 1 aromatic carbocycles. The number of hydrogen-bond acceptors (Lipinski definition) is 4. The third-order valence-electron chi connectivity index (χ3n) is 4.57. The van der Waals surface area contributed by atoms with Crippen molar-refractivity contribution in [1.82, 2.24) is 4.90 Å². The largest absolute Gasteiger partial charge is 0.490 e. The number of Topliss-reactive ketones (excluding diaryl/α,β-unsaturated/α-hetero) is 1. The van der Waals surface area contributed by atoms with Crippen LogP contribution in [0.1, 0.15) is 42.5 Å². The molecular weight excluding hydrogens is 264 g/mol. The minimum Gasteiger partial charge on any atom is -0.490 e. The van der Waals surface area contributed by atoms with Crippen molar-refractivity contribution in [3.8, 4) is 5.75 Å². The molecule has 1 heterocycles. The van der Waals surface area contributed by atoms with Crippen LogP contribution in [0.5, 0.6) is 5.75 Å². The van der Waals surface area contributed by atoms with Gasteiger partial charge in [-0.05, 0) is 38.1 Å². The van der Waals surface area contributed by atoms with Gasteiger partial charge in [-0.3, -0.25) is 9.69 Å². The zero-order valence-electron chi connectivity index (χ0n) is 12.7. The van der Waals surface area contributed by atoms with Crippen molar-refractivity contribution < 1.29 is 9.53 Å². The van der Waals surface area contributed by atoms with E-state index in [0.717, 1.165) is 23.5 Å². The van der Waals surface area contributed by atoms with E-state index in [9.17, 15) is 4.79 Å². The third-order valence-corrected chi connectivity index (χ3v) is 4.57. The van der Waals surface area contributed by atoms with E-state index in [1.165, 1.54) is 32.1 Å². The molecule has 4 heteroatoms. The molecule has 1 saturated carbocycles. The number of rotatable bonds is 4. The predicted molar refractivity (Wildman–Crippen MR) is 84.3 cm³/mol. The second-order valence-electron chi connectivity index (χ2n) is 6.12. The number of hydrogen-bond donors (Lipinski definition) is 1. The fourth-order valence-electron chi connectivity index (χ4n) is 3.28. The molecule has 3 rings (SSSR count). The standard InChI is InChI=1S/C17H24N2O2/c1-19(14-5-3-2-4-6-14)12-16(20)13-7-8-17-15(11-13)18-9-10-21-17/h7-8,11,14,18H,2-6,9-10,12H2,1H3. The Labute approximate surface area is 126 Å². The summed E-state index contributed by atoms with van der Waals surface area (Å²) in [6, 6.07) is 6.27. The quantitative estimate of drug-likeness (QED) is 0.865. The molecule has 4 nitrogen and oxygen atoms in total. The molecule has 0 radical (unpaired) electrons. The van der Waals surface area contributed by atoms with Gasteiger partial charge in [0.25, 0.3) is 0 Å². The maximum absolute atomic E-state index is 12.5. The molecule has 21 heavy (non-hydrogen) atoms. The molecule has 1 aliphatic carbocycles. The first-order valence-corrected chi connectivity index (χ1v) is 7.98. The SMILES string of the molecule is CN(CC(=O)c1ccc2c(c1)NCCO2)C1CCCCC1. The highest BCUT2D eigenvalue weighted by Crippen LogP contribution is 2.28. The molecule has 0 saturated heterocycles. The van der Waals surface area contributed by atoms with Crippen LogP contribution in [0.4, 0.5) is 5.69 Å². The van der Waals surface area contributed by atoms with Crippen LogP contribution in [0.2, 0.25) is 0 Å². The summed E-state index contributed by atoms with van der Waals surface area (Å²) in [5.41, 5.74) is 1.71. The van der Waals surface area contributed by atoms with Crippen LogP contribution < -0.4 is 10.1 Å². The number of nitrogens with zero attached hydrogens (tertiary/aromatic N) is 1. The fraction of sp³-hybridized carbons (Fsp3) is 0.588. The molecular formula is C17H24N2O2.